The Morgan fingerprint density at radius 2 is 2.09 bits per heavy atom. The Hall–Kier alpha value is -2.02. The van der Waals surface area contributed by atoms with Crippen LogP contribution >= 0.6 is 11.8 Å². The van der Waals surface area contributed by atoms with Crippen molar-refractivity contribution in [3.05, 3.63) is 46.4 Å². The number of benzene rings is 1. The van der Waals surface area contributed by atoms with Gasteiger partial charge in [0, 0.05) is 13.6 Å². The molecule has 1 aromatic carbocycles. The third-order valence-corrected chi connectivity index (χ3v) is 4.71. The fraction of sp³-hybridized carbons (Fsp3) is 0.438. The van der Waals surface area contributed by atoms with Gasteiger partial charge in [0.15, 0.2) is 5.16 Å². The highest BCUT2D eigenvalue weighted by Gasteiger charge is 2.18. The molecular formula is C16H22N4O2S. The van der Waals surface area contributed by atoms with Crippen molar-refractivity contribution in [2.45, 2.75) is 38.0 Å². The highest BCUT2D eigenvalue weighted by atomic mass is 32.2. The molecule has 1 amide bonds. The third-order valence-electron chi connectivity index (χ3n) is 3.75. The molecule has 0 saturated heterocycles. The third kappa shape index (κ3) is 4.25. The van der Waals surface area contributed by atoms with Gasteiger partial charge in [0.2, 0.25) is 5.91 Å². The molecule has 0 radical (unpaired) electrons. The van der Waals surface area contributed by atoms with E-state index in [1.807, 2.05) is 44.2 Å². The SMILES string of the molecule is CCCn1c(SCC(=O)N(C)[C@@H](C)c2ccccc2)n[nH]c1=O. The van der Waals surface area contributed by atoms with Crippen LogP contribution in [-0.4, -0.2) is 38.4 Å². The number of rotatable bonds is 7. The summed E-state index contributed by atoms with van der Waals surface area (Å²) in [5.41, 5.74) is 0.865. The summed E-state index contributed by atoms with van der Waals surface area (Å²) in [4.78, 5) is 25.7. The van der Waals surface area contributed by atoms with E-state index in [2.05, 4.69) is 10.2 Å². The molecule has 0 aliphatic carbocycles. The molecule has 0 bridgehead atoms. The molecule has 1 atom stereocenters. The number of H-pyrrole nitrogens is 1. The lowest BCUT2D eigenvalue weighted by molar-refractivity contribution is -0.128. The first-order valence-electron chi connectivity index (χ1n) is 7.63. The van der Waals surface area contributed by atoms with Gasteiger partial charge in [-0.1, -0.05) is 49.0 Å². The van der Waals surface area contributed by atoms with Gasteiger partial charge < -0.3 is 4.90 Å². The average molecular weight is 334 g/mol. The summed E-state index contributed by atoms with van der Waals surface area (Å²) >= 11 is 1.29. The van der Waals surface area contributed by atoms with Crippen LogP contribution in [0.3, 0.4) is 0 Å². The minimum atomic E-state index is -0.229. The average Bonchev–Trinajstić information content (AvgIpc) is 2.93. The molecule has 0 unspecified atom stereocenters. The Balaban J connectivity index is 1.98. The van der Waals surface area contributed by atoms with E-state index in [9.17, 15) is 9.59 Å². The summed E-state index contributed by atoms with van der Waals surface area (Å²) in [6.07, 6.45) is 0.839. The van der Waals surface area contributed by atoms with E-state index in [0.717, 1.165) is 12.0 Å². The number of carbonyl (C=O) groups excluding carboxylic acids is 1. The van der Waals surface area contributed by atoms with Gasteiger partial charge in [-0.2, -0.15) is 0 Å². The van der Waals surface area contributed by atoms with Crippen LogP contribution in [0.2, 0.25) is 0 Å². The molecule has 1 heterocycles. The van der Waals surface area contributed by atoms with Crippen molar-refractivity contribution < 1.29 is 4.79 Å². The first-order chi connectivity index (χ1) is 11.0. The predicted octanol–water partition coefficient (Wildman–Crippen LogP) is 2.29. The van der Waals surface area contributed by atoms with Crippen molar-refractivity contribution in [3.63, 3.8) is 0 Å². The maximum atomic E-state index is 12.4. The number of thioether (sulfide) groups is 1. The zero-order valence-corrected chi connectivity index (χ0v) is 14.5. The van der Waals surface area contributed by atoms with Crippen LogP contribution in [0, 0.1) is 0 Å². The second kappa shape index (κ2) is 8.01. The number of aromatic amines is 1. The summed E-state index contributed by atoms with van der Waals surface area (Å²) in [5.74, 6) is 0.256. The van der Waals surface area contributed by atoms with Crippen LogP contribution in [0.1, 0.15) is 31.9 Å². The van der Waals surface area contributed by atoms with Gasteiger partial charge in [-0.3, -0.25) is 9.36 Å². The maximum absolute atomic E-state index is 12.4. The molecule has 0 aliphatic rings. The highest BCUT2D eigenvalue weighted by Crippen LogP contribution is 2.21. The van der Waals surface area contributed by atoms with Gasteiger partial charge in [0.1, 0.15) is 0 Å². The van der Waals surface area contributed by atoms with Gasteiger partial charge in [0.05, 0.1) is 11.8 Å². The van der Waals surface area contributed by atoms with Gasteiger partial charge in [-0.05, 0) is 18.9 Å². The molecular weight excluding hydrogens is 312 g/mol. The fourth-order valence-electron chi connectivity index (χ4n) is 2.23. The van der Waals surface area contributed by atoms with E-state index in [4.69, 9.17) is 0 Å². The van der Waals surface area contributed by atoms with E-state index in [-0.39, 0.29) is 23.4 Å². The minimum Gasteiger partial charge on any atom is -0.338 e. The molecule has 2 rings (SSSR count). The van der Waals surface area contributed by atoms with E-state index in [1.54, 1.807) is 16.5 Å². The number of nitrogens with zero attached hydrogens (tertiary/aromatic N) is 3. The van der Waals surface area contributed by atoms with Crippen LogP contribution in [0.4, 0.5) is 0 Å². The Bertz CT molecular complexity index is 696. The molecule has 6 nitrogen and oxygen atoms in total. The Labute approximate surface area is 139 Å². The molecule has 0 fully saturated rings. The van der Waals surface area contributed by atoms with Crippen LogP contribution in [0.25, 0.3) is 0 Å². The van der Waals surface area contributed by atoms with Crippen molar-refractivity contribution in [3.8, 4) is 0 Å². The number of amides is 1. The van der Waals surface area contributed by atoms with Crippen molar-refractivity contribution in [2.24, 2.45) is 0 Å². The number of nitrogens with one attached hydrogen (secondary N) is 1. The predicted molar refractivity (Wildman–Crippen MR) is 91.5 cm³/mol. The first kappa shape index (κ1) is 17.3. The molecule has 2 aromatic rings. The lowest BCUT2D eigenvalue weighted by Crippen LogP contribution is -2.31. The largest absolute Gasteiger partial charge is 0.343 e. The normalized spacial score (nSPS) is 12.1. The van der Waals surface area contributed by atoms with Crippen LogP contribution < -0.4 is 5.69 Å². The second-order valence-corrected chi connectivity index (χ2v) is 6.29. The van der Waals surface area contributed by atoms with Crippen LogP contribution in [0.5, 0.6) is 0 Å². The molecule has 1 aromatic heterocycles. The molecule has 1 N–H and O–H groups in total. The highest BCUT2D eigenvalue weighted by molar-refractivity contribution is 7.99. The van der Waals surface area contributed by atoms with E-state index < -0.39 is 0 Å². The maximum Gasteiger partial charge on any atom is 0.343 e. The number of aromatic nitrogens is 3. The van der Waals surface area contributed by atoms with Gasteiger partial charge in [-0.15, -0.1) is 5.10 Å². The number of hydrogen-bond acceptors (Lipinski definition) is 4. The molecule has 124 valence electrons. The summed E-state index contributed by atoms with van der Waals surface area (Å²) in [6.45, 7) is 4.59. The Morgan fingerprint density at radius 3 is 2.74 bits per heavy atom. The zero-order valence-electron chi connectivity index (χ0n) is 13.7. The summed E-state index contributed by atoms with van der Waals surface area (Å²) < 4.78 is 1.57. The van der Waals surface area contributed by atoms with Crippen LogP contribution in [-0.2, 0) is 11.3 Å². The van der Waals surface area contributed by atoms with Crippen molar-refractivity contribution >= 4 is 17.7 Å². The van der Waals surface area contributed by atoms with Crippen molar-refractivity contribution in [1.29, 1.82) is 0 Å². The van der Waals surface area contributed by atoms with Gasteiger partial charge >= 0.3 is 5.69 Å². The first-order valence-corrected chi connectivity index (χ1v) is 8.61. The van der Waals surface area contributed by atoms with E-state index in [0.29, 0.717) is 11.7 Å². The number of carbonyl (C=O) groups is 1. The molecule has 0 aliphatic heterocycles. The monoisotopic (exact) mass is 334 g/mol. The van der Waals surface area contributed by atoms with E-state index in [1.165, 1.54) is 11.8 Å². The molecule has 7 heteroatoms. The second-order valence-electron chi connectivity index (χ2n) is 5.34. The quantitative estimate of drug-likeness (QED) is 0.789. The van der Waals surface area contributed by atoms with Gasteiger partial charge in [-0.25, -0.2) is 9.89 Å². The fourth-order valence-corrected chi connectivity index (χ4v) is 3.13. The standard InChI is InChI=1S/C16H22N4O2S/c1-4-10-20-15(22)17-18-16(20)23-11-14(21)19(3)12(2)13-8-6-5-7-9-13/h5-9,12H,4,10-11H2,1-3H3,(H,17,22)/t12-/m0/s1. The zero-order chi connectivity index (χ0) is 16.8. The van der Waals surface area contributed by atoms with Gasteiger partial charge in [0.25, 0.3) is 0 Å². The van der Waals surface area contributed by atoms with Crippen LogP contribution in [0.15, 0.2) is 40.3 Å². The Morgan fingerprint density at radius 1 is 1.39 bits per heavy atom. The Kier molecular flexibility index (Phi) is 6.04. The molecule has 23 heavy (non-hydrogen) atoms. The smallest absolute Gasteiger partial charge is 0.338 e. The summed E-state index contributed by atoms with van der Waals surface area (Å²) in [5, 5.41) is 6.98. The summed E-state index contributed by atoms with van der Waals surface area (Å²) in [6, 6.07) is 9.90. The molecule has 0 spiro atoms. The number of hydrogen-bond donors (Lipinski definition) is 1. The topological polar surface area (TPSA) is 71.0 Å². The molecule has 0 saturated carbocycles. The van der Waals surface area contributed by atoms with Crippen molar-refractivity contribution in [2.75, 3.05) is 12.8 Å². The van der Waals surface area contributed by atoms with E-state index >= 15 is 0 Å². The van der Waals surface area contributed by atoms with Crippen molar-refractivity contribution in [1.82, 2.24) is 19.7 Å². The summed E-state index contributed by atoms with van der Waals surface area (Å²) in [7, 11) is 1.80. The lowest BCUT2D eigenvalue weighted by atomic mass is 10.1. The lowest BCUT2D eigenvalue weighted by Gasteiger charge is -2.25. The minimum absolute atomic E-state index is 0.00122.